The second-order valence-corrected chi connectivity index (χ2v) is 3.70. The summed E-state index contributed by atoms with van der Waals surface area (Å²) in [5.41, 5.74) is 0. The van der Waals surface area contributed by atoms with Crippen molar-refractivity contribution in [3.05, 3.63) is 0 Å². The Balaban J connectivity index is 3.08. The summed E-state index contributed by atoms with van der Waals surface area (Å²) < 4.78 is 0. The third kappa shape index (κ3) is 6.62. The molecule has 12 heavy (non-hydrogen) atoms. The van der Waals surface area contributed by atoms with Crippen LogP contribution >= 0.6 is 0 Å². The van der Waals surface area contributed by atoms with Crippen LogP contribution in [0.25, 0.3) is 0 Å². The Hall–Kier alpha value is -0.0800. The fourth-order valence-corrected chi connectivity index (χ4v) is 1.04. The van der Waals surface area contributed by atoms with Gasteiger partial charge in [-0.1, -0.05) is 40.0 Å². The molecule has 0 radical (unpaired) electrons. The van der Waals surface area contributed by atoms with Crippen molar-refractivity contribution in [2.24, 2.45) is 5.92 Å². The highest BCUT2D eigenvalue weighted by Crippen LogP contribution is 2.00. The smallest absolute Gasteiger partial charge is 0.107 e. The van der Waals surface area contributed by atoms with Crippen molar-refractivity contribution in [1.29, 1.82) is 0 Å². The van der Waals surface area contributed by atoms with Crippen LogP contribution in [0.2, 0.25) is 0 Å². The molecule has 0 aromatic heterocycles. The zero-order valence-electron chi connectivity index (χ0n) is 8.64. The number of rotatable bonds is 7. The molecule has 0 bridgehead atoms. The molecule has 0 rings (SSSR count). The van der Waals surface area contributed by atoms with Crippen LogP contribution < -0.4 is 5.32 Å². The molecule has 1 unspecified atom stereocenters. The van der Waals surface area contributed by atoms with Gasteiger partial charge in [0.2, 0.25) is 0 Å². The summed E-state index contributed by atoms with van der Waals surface area (Å²) in [6, 6.07) is 0. The summed E-state index contributed by atoms with van der Waals surface area (Å²) in [4.78, 5) is 0. The summed E-state index contributed by atoms with van der Waals surface area (Å²) in [6.45, 7) is 7.18. The van der Waals surface area contributed by atoms with Gasteiger partial charge in [-0.3, -0.25) is 5.32 Å². The average molecular weight is 173 g/mol. The Labute approximate surface area is 76.4 Å². The van der Waals surface area contributed by atoms with E-state index in [2.05, 4.69) is 12.2 Å². The van der Waals surface area contributed by atoms with Gasteiger partial charge in [0.05, 0.1) is 0 Å². The second kappa shape index (κ2) is 7.56. The monoisotopic (exact) mass is 173 g/mol. The molecule has 0 aliphatic carbocycles. The molecular weight excluding hydrogens is 150 g/mol. The van der Waals surface area contributed by atoms with E-state index in [1.54, 1.807) is 0 Å². The van der Waals surface area contributed by atoms with Gasteiger partial charge in [0, 0.05) is 0 Å². The molecule has 0 aliphatic heterocycles. The number of hydrogen-bond donors (Lipinski definition) is 2. The lowest BCUT2D eigenvalue weighted by Gasteiger charge is -2.15. The Morgan fingerprint density at radius 2 is 1.83 bits per heavy atom. The fourth-order valence-electron chi connectivity index (χ4n) is 1.04. The largest absolute Gasteiger partial charge is 0.378 e. The highest BCUT2D eigenvalue weighted by molar-refractivity contribution is 4.57. The van der Waals surface area contributed by atoms with E-state index in [1.165, 1.54) is 25.7 Å². The average Bonchev–Trinajstić information content (AvgIpc) is 2.03. The van der Waals surface area contributed by atoms with Crippen molar-refractivity contribution in [1.82, 2.24) is 5.32 Å². The predicted octanol–water partition coefficient (Wildman–Crippen LogP) is 2.13. The maximum absolute atomic E-state index is 9.37. The normalized spacial score (nSPS) is 13.8. The van der Waals surface area contributed by atoms with Crippen molar-refractivity contribution in [3.8, 4) is 0 Å². The maximum Gasteiger partial charge on any atom is 0.107 e. The minimum Gasteiger partial charge on any atom is -0.378 e. The highest BCUT2D eigenvalue weighted by Gasteiger charge is 2.05. The molecule has 0 saturated heterocycles. The number of hydrogen-bond acceptors (Lipinski definition) is 2. The van der Waals surface area contributed by atoms with Crippen LogP contribution in [0.1, 0.15) is 46.5 Å². The molecule has 0 amide bonds. The van der Waals surface area contributed by atoms with E-state index >= 15 is 0 Å². The fraction of sp³-hybridized carbons (Fsp3) is 1.00. The summed E-state index contributed by atoms with van der Waals surface area (Å²) in [5, 5.41) is 12.5. The number of nitrogens with one attached hydrogen (secondary N) is 1. The zero-order valence-corrected chi connectivity index (χ0v) is 8.64. The van der Waals surface area contributed by atoms with Gasteiger partial charge in [0.15, 0.2) is 0 Å². The second-order valence-electron chi connectivity index (χ2n) is 3.70. The Bertz CT molecular complexity index is 93.8. The van der Waals surface area contributed by atoms with Crippen molar-refractivity contribution in [2.45, 2.75) is 52.7 Å². The van der Waals surface area contributed by atoms with Crippen LogP contribution in [0, 0.1) is 5.92 Å². The predicted molar refractivity (Wildman–Crippen MR) is 53.0 cm³/mol. The van der Waals surface area contributed by atoms with Crippen molar-refractivity contribution in [3.63, 3.8) is 0 Å². The van der Waals surface area contributed by atoms with Gasteiger partial charge >= 0.3 is 0 Å². The molecule has 2 nitrogen and oxygen atoms in total. The maximum atomic E-state index is 9.37. The van der Waals surface area contributed by atoms with Crippen molar-refractivity contribution in [2.75, 3.05) is 6.54 Å². The molecule has 74 valence electrons. The molecular formula is C10H23NO. The molecule has 1 atom stereocenters. The highest BCUT2D eigenvalue weighted by atomic mass is 16.3. The van der Waals surface area contributed by atoms with E-state index in [4.69, 9.17) is 0 Å². The van der Waals surface area contributed by atoms with Crippen LogP contribution in [-0.2, 0) is 0 Å². The van der Waals surface area contributed by atoms with Gasteiger partial charge in [-0.15, -0.1) is 0 Å². The first-order chi connectivity index (χ1) is 5.68. The van der Waals surface area contributed by atoms with E-state index in [0.717, 1.165) is 6.54 Å². The first-order valence-corrected chi connectivity index (χ1v) is 5.10. The number of aliphatic hydroxyl groups is 1. The number of aliphatic hydroxyl groups excluding tert-OH is 1. The third-order valence-electron chi connectivity index (χ3n) is 2.02. The minimum absolute atomic E-state index is 0.316. The van der Waals surface area contributed by atoms with Crippen LogP contribution in [-0.4, -0.2) is 17.9 Å². The van der Waals surface area contributed by atoms with E-state index in [0.29, 0.717) is 5.92 Å². The van der Waals surface area contributed by atoms with E-state index in [1.807, 2.05) is 13.8 Å². The molecule has 0 aromatic rings. The number of unbranched alkanes of at least 4 members (excludes halogenated alkanes) is 3. The van der Waals surface area contributed by atoms with Gasteiger partial charge in [0.1, 0.15) is 6.23 Å². The zero-order chi connectivity index (χ0) is 9.40. The Morgan fingerprint density at radius 1 is 1.17 bits per heavy atom. The first-order valence-electron chi connectivity index (χ1n) is 5.10. The standard InChI is InChI=1S/C10H23NO/c1-4-5-6-7-8-11-10(12)9(2)3/h9-12H,4-8H2,1-3H3. The van der Waals surface area contributed by atoms with Crippen molar-refractivity contribution < 1.29 is 5.11 Å². The molecule has 0 aromatic carbocycles. The minimum atomic E-state index is -0.327. The van der Waals surface area contributed by atoms with E-state index in [-0.39, 0.29) is 6.23 Å². The topological polar surface area (TPSA) is 32.3 Å². The molecule has 0 fully saturated rings. The van der Waals surface area contributed by atoms with Gasteiger partial charge < -0.3 is 5.11 Å². The summed E-state index contributed by atoms with van der Waals surface area (Å²) >= 11 is 0. The van der Waals surface area contributed by atoms with Gasteiger partial charge in [-0.05, 0) is 18.9 Å². The Kier molecular flexibility index (Phi) is 7.51. The van der Waals surface area contributed by atoms with Crippen LogP contribution in [0.4, 0.5) is 0 Å². The molecule has 0 aliphatic rings. The van der Waals surface area contributed by atoms with Crippen LogP contribution in [0.15, 0.2) is 0 Å². The van der Waals surface area contributed by atoms with Crippen LogP contribution in [0.3, 0.4) is 0 Å². The molecule has 2 N–H and O–H groups in total. The lowest BCUT2D eigenvalue weighted by atomic mass is 10.1. The third-order valence-corrected chi connectivity index (χ3v) is 2.02. The van der Waals surface area contributed by atoms with E-state index < -0.39 is 0 Å². The summed E-state index contributed by atoms with van der Waals surface area (Å²) in [7, 11) is 0. The molecule has 0 spiro atoms. The van der Waals surface area contributed by atoms with Gasteiger partial charge in [0.25, 0.3) is 0 Å². The van der Waals surface area contributed by atoms with Gasteiger partial charge in [-0.25, -0.2) is 0 Å². The van der Waals surface area contributed by atoms with Crippen LogP contribution in [0.5, 0.6) is 0 Å². The van der Waals surface area contributed by atoms with E-state index in [9.17, 15) is 5.11 Å². The molecule has 0 saturated carbocycles. The van der Waals surface area contributed by atoms with Gasteiger partial charge in [-0.2, -0.15) is 0 Å². The molecule has 2 heteroatoms. The molecule has 0 heterocycles. The van der Waals surface area contributed by atoms with Crippen molar-refractivity contribution >= 4 is 0 Å². The summed E-state index contributed by atoms with van der Waals surface area (Å²) in [5.74, 6) is 0.316. The lowest BCUT2D eigenvalue weighted by molar-refractivity contribution is 0.0904. The SMILES string of the molecule is CCCCCCNC(O)C(C)C. The quantitative estimate of drug-likeness (QED) is 0.456. The Morgan fingerprint density at radius 3 is 2.33 bits per heavy atom. The lowest BCUT2D eigenvalue weighted by Crippen LogP contribution is -2.33. The first kappa shape index (κ1) is 11.9. The summed E-state index contributed by atoms with van der Waals surface area (Å²) in [6.07, 6.45) is 4.70.